The lowest BCUT2D eigenvalue weighted by Crippen LogP contribution is -2.26. The van der Waals surface area contributed by atoms with Crippen molar-refractivity contribution in [1.29, 1.82) is 0 Å². The van der Waals surface area contributed by atoms with Crippen LogP contribution in [-0.4, -0.2) is 31.3 Å². The predicted molar refractivity (Wildman–Crippen MR) is 62.4 cm³/mol. The SMILES string of the molecule is Cn1cnnc1[C@@H]1CCCN1c1ncccn1. The third-order valence-corrected chi connectivity index (χ3v) is 3.11. The molecule has 1 aliphatic rings. The highest BCUT2D eigenvalue weighted by Gasteiger charge is 2.30. The van der Waals surface area contributed by atoms with E-state index in [0.717, 1.165) is 31.2 Å². The standard InChI is InChI=1S/C11H14N6/c1-16-8-14-15-10(16)9-4-2-7-17(9)11-12-5-3-6-13-11/h3,5-6,8-9H,2,4,7H2,1H3/t9-/m0/s1. The minimum absolute atomic E-state index is 0.241. The molecule has 0 N–H and O–H groups in total. The van der Waals surface area contributed by atoms with Gasteiger partial charge in [-0.2, -0.15) is 0 Å². The van der Waals surface area contributed by atoms with E-state index in [2.05, 4.69) is 25.1 Å². The molecule has 0 spiro atoms. The van der Waals surface area contributed by atoms with Crippen molar-refractivity contribution in [3.8, 4) is 0 Å². The van der Waals surface area contributed by atoms with Gasteiger partial charge in [-0.25, -0.2) is 9.97 Å². The number of aromatic nitrogens is 5. The molecule has 1 saturated heterocycles. The predicted octanol–water partition coefficient (Wildman–Crippen LogP) is 0.947. The van der Waals surface area contributed by atoms with E-state index in [9.17, 15) is 0 Å². The Morgan fingerprint density at radius 3 is 2.82 bits per heavy atom. The van der Waals surface area contributed by atoms with Gasteiger partial charge in [0.25, 0.3) is 0 Å². The van der Waals surface area contributed by atoms with Crippen LogP contribution in [0.4, 0.5) is 5.95 Å². The van der Waals surface area contributed by atoms with Gasteiger partial charge in [0.15, 0.2) is 5.82 Å². The monoisotopic (exact) mass is 230 g/mol. The Labute approximate surface area is 99.3 Å². The zero-order valence-electron chi connectivity index (χ0n) is 9.69. The molecule has 1 fully saturated rings. The molecule has 1 atom stereocenters. The number of hydrogen-bond acceptors (Lipinski definition) is 5. The maximum atomic E-state index is 4.31. The molecule has 0 amide bonds. The summed E-state index contributed by atoms with van der Waals surface area (Å²) in [5.74, 6) is 1.76. The first-order valence-corrected chi connectivity index (χ1v) is 5.74. The molecule has 0 bridgehead atoms. The van der Waals surface area contributed by atoms with Gasteiger partial charge in [-0.1, -0.05) is 0 Å². The Hall–Kier alpha value is -1.98. The lowest BCUT2D eigenvalue weighted by atomic mass is 10.2. The lowest BCUT2D eigenvalue weighted by molar-refractivity contribution is 0.620. The molecule has 0 unspecified atom stereocenters. The zero-order chi connectivity index (χ0) is 11.7. The van der Waals surface area contributed by atoms with Crippen LogP contribution in [0.25, 0.3) is 0 Å². The van der Waals surface area contributed by atoms with Gasteiger partial charge in [0.05, 0.1) is 6.04 Å². The summed E-state index contributed by atoms with van der Waals surface area (Å²) in [5, 5.41) is 8.13. The van der Waals surface area contributed by atoms with Crippen molar-refractivity contribution < 1.29 is 0 Å². The highest BCUT2D eigenvalue weighted by atomic mass is 15.3. The van der Waals surface area contributed by atoms with Gasteiger partial charge in [-0.05, 0) is 18.9 Å². The first-order valence-electron chi connectivity index (χ1n) is 5.74. The number of anilines is 1. The fourth-order valence-corrected chi connectivity index (χ4v) is 2.31. The van der Waals surface area contributed by atoms with Crippen LogP contribution < -0.4 is 4.90 Å². The van der Waals surface area contributed by atoms with Crippen molar-refractivity contribution in [3.63, 3.8) is 0 Å². The van der Waals surface area contributed by atoms with Crippen molar-refractivity contribution in [3.05, 3.63) is 30.6 Å². The molecule has 0 aromatic carbocycles. The van der Waals surface area contributed by atoms with Gasteiger partial charge in [0.2, 0.25) is 5.95 Å². The largest absolute Gasteiger partial charge is 0.331 e. The van der Waals surface area contributed by atoms with Crippen molar-refractivity contribution >= 4 is 5.95 Å². The molecule has 0 radical (unpaired) electrons. The molecule has 2 aromatic rings. The third-order valence-electron chi connectivity index (χ3n) is 3.11. The van der Waals surface area contributed by atoms with Crippen LogP contribution in [0, 0.1) is 0 Å². The average molecular weight is 230 g/mol. The molecule has 6 nitrogen and oxygen atoms in total. The Morgan fingerprint density at radius 2 is 2.12 bits per heavy atom. The van der Waals surface area contributed by atoms with Gasteiger partial charge in [-0.3, -0.25) is 0 Å². The van der Waals surface area contributed by atoms with Gasteiger partial charge in [0, 0.05) is 26.0 Å². The van der Waals surface area contributed by atoms with Crippen molar-refractivity contribution in [2.75, 3.05) is 11.4 Å². The van der Waals surface area contributed by atoms with Gasteiger partial charge in [0.1, 0.15) is 6.33 Å². The van der Waals surface area contributed by atoms with E-state index in [-0.39, 0.29) is 6.04 Å². The van der Waals surface area contributed by atoms with Gasteiger partial charge >= 0.3 is 0 Å². The second kappa shape index (κ2) is 4.12. The highest BCUT2D eigenvalue weighted by molar-refractivity contribution is 5.34. The summed E-state index contributed by atoms with van der Waals surface area (Å²) >= 11 is 0. The summed E-state index contributed by atoms with van der Waals surface area (Å²) < 4.78 is 1.96. The van der Waals surface area contributed by atoms with Crippen LogP contribution in [0.3, 0.4) is 0 Å². The van der Waals surface area contributed by atoms with Crippen LogP contribution in [0.5, 0.6) is 0 Å². The van der Waals surface area contributed by atoms with Crippen LogP contribution in [0.1, 0.15) is 24.7 Å². The molecule has 3 rings (SSSR count). The number of nitrogens with zero attached hydrogens (tertiary/aromatic N) is 6. The van der Waals surface area contributed by atoms with E-state index < -0.39 is 0 Å². The number of hydrogen-bond donors (Lipinski definition) is 0. The molecule has 17 heavy (non-hydrogen) atoms. The van der Waals surface area contributed by atoms with Gasteiger partial charge in [-0.15, -0.1) is 10.2 Å². The molecular weight excluding hydrogens is 216 g/mol. The molecule has 3 heterocycles. The number of aryl methyl sites for hydroxylation is 1. The summed E-state index contributed by atoms with van der Waals surface area (Å²) in [5.41, 5.74) is 0. The lowest BCUT2D eigenvalue weighted by Gasteiger charge is -2.23. The van der Waals surface area contributed by atoms with E-state index in [4.69, 9.17) is 0 Å². The molecule has 6 heteroatoms. The molecule has 1 aliphatic heterocycles. The Bertz CT molecular complexity index is 494. The van der Waals surface area contributed by atoms with Crippen molar-refractivity contribution in [2.24, 2.45) is 7.05 Å². The fraction of sp³-hybridized carbons (Fsp3) is 0.455. The quantitative estimate of drug-likeness (QED) is 0.768. The van der Waals surface area contributed by atoms with E-state index in [0.29, 0.717) is 0 Å². The molecule has 0 aliphatic carbocycles. The molecular formula is C11H14N6. The maximum Gasteiger partial charge on any atom is 0.225 e. The van der Waals surface area contributed by atoms with E-state index in [1.54, 1.807) is 18.7 Å². The number of rotatable bonds is 2. The second-order valence-electron chi connectivity index (χ2n) is 4.20. The summed E-state index contributed by atoms with van der Waals surface area (Å²) in [4.78, 5) is 10.8. The summed E-state index contributed by atoms with van der Waals surface area (Å²) in [6.45, 7) is 0.974. The highest BCUT2D eigenvalue weighted by Crippen LogP contribution is 2.32. The smallest absolute Gasteiger partial charge is 0.225 e. The van der Waals surface area contributed by atoms with Gasteiger partial charge < -0.3 is 9.47 Å². The Balaban J connectivity index is 1.93. The van der Waals surface area contributed by atoms with Crippen molar-refractivity contribution in [2.45, 2.75) is 18.9 Å². The Morgan fingerprint density at radius 1 is 1.29 bits per heavy atom. The maximum absolute atomic E-state index is 4.31. The van der Waals surface area contributed by atoms with E-state index >= 15 is 0 Å². The summed E-state index contributed by atoms with van der Waals surface area (Å²) in [7, 11) is 1.97. The molecule has 2 aromatic heterocycles. The average Bonchev–Trinajstić information content (AvgIpc) is 2.98. The zero-order valence-corrected chi connectivity index (χ0v) is 9.69. The third kappa shape index (κ3) is 1.75. The minimum Gasteiger partial charge on any atom is -0.331 e. The fourth-order valence-electron chi connectivity index (χ4n) is 2.31. The van der Waals surface area contributed by atoms with Crippen LogP contribution in [0.2, 0.25) is 0 Å². The van der Waals surface area contributed by atoms with Crippen LogP contribution in [-0.2, 0) is 7.05 Å². The first-order chi connectivity index (χ1) is 8.36. The Kier molecular flexibility index (Phi) is 2.47. The van der Waals surface area contributed by atoms with Crippen LogP contribution >= 0.6 is 0 Å². The van der Waals surface area contributed by atoms with Crippen LogP contribution in [0.15, 0.2) is 24.8 Å². The summed E-state index contributed by atoms with van der Waals surface area (Å²) in [6.07, 6.45) is 7.49. The molecule has 0 saturated carbocycles. The van der Waals surface area contributed by atoms with E-state index in [1.807, 2.05) is 17.7 Å². The van der Waals surface area contributed by atoms with E-state index in [1.165, 1.54) is 0 Å². The first kappa shape index (κ1) is 10.2. The van der Waals surface area contributed by atoms with Crippen molar-refractivity contribution in [1.82, 2.24) is 24.7 Å². The topological polar surface area (TPSA) is 59.7 Å². The normalized spacial score (nSPS) is 19.8. The summed E-state index contributed by atoms with van der Waals surface area (Å²) in [6, 6.07) is 2.07. The molecule has 88 valence electrons. The second-order valence-corrected chi connectivity index (χ2v) is 4.20. The minimum atomic E-state index is 0.241.